The van der Waals surface area contributed by atoms with Crippen LogP contribution in [0, 0.1) is 0 Å². The minimum Gasteiger partial charge on any atom is -0.454 e. The second kappa shape index (κ2) is 10.1. The highest BCUT2D eigenvalue weighted by Gasteiger charge is 2.49. The molecule has 10 nitrogen and oxygen atoms in total. The predicted octanol–water partition coefficient (Wildman–Crippen LogP) is 2.93. The lowest BCUT2D eigenvalue weighted by molar-refractivity contribution is -0.160. The van der Waals surface area contributed by atoms with Gasteiger partial charge in [0.15, 0.2) is 11.5 Å². The number of H-pyrrole nitrogens is 1. The van der Waals surface area contributed by atoms with Gasteiger partial charge < -0.3 is 34.1 Å². The lowest BCUT2D eigenvalue weighted by Gasteiger charge is -2.47. The average Bonchev–Trinajstić information content (AvgIpc) is 3.67. The van der Waals surface area contributed by atoms with E-state index in [4.69, 9.17) is 9.47 Å². The van der Waals surface area contributed by atoms with Crippen molar-refractivity contribution in [2.75, 3.05) is 51.0 Å². The van der Waals surface area contributed by atoms with Gasteiger partial charge >= 0.3 is 0 Å². The van der Waals surface area contributed by atoms with E-state index in [-0.39, 0.29) is 37.6 Å². The maximum atomic E-state index is 14.1. The van der Waals surface area contributed by atoms with E-state index in [1.807, 2.05) is 60.7 Å². The van der Waals surface area contributed by atoms with Crippen molar-refractivity contribution in [2.24, 2.45) is 0 Å². The normalized spacial score (nSPS) is 21.3. The number of fused-ring (bicyclic) bond motifs is 5. The van der Waals surface area contributed by atoms with Crippen molar-refractivity contribution in [3.63, 3.8) is 0 Å². The SMILES string of the molecule is O=C(CN1CC(=O)N2[C@H](c3ccc4c(c3)OCO4)c3[nH]c4ccccc4c3C[C@@H]2C1=O)N1CCN(c2ccccc2)CC1. The van der Waals surface area contributed by atoms with Crippen molar-refractivity contribution in [2.45, 2.75) is 18.5 Å². The predicted molar refractivity (Wildman–Crippen MR) is 159 cm³/mol. The van der Waals surface area contributed by atoms with Crippen LogP contribution in [-0.4, -0.2) is 89.5 Å². The second-order valence-electron chi connectivity index (χ2n) is 11.5. The van der Waals surface area contributed by atoms with Crippen LogP contribution in [0.4, 0.5) is 5.69 Å². The van der Waals surface area contributed by atoms with E-state index < -0.39 is 12.1 Å². The number of aromatic amines is 1. The molecule has 2 fully saturated rings. The van der Waals surface area contributed by atoms with Crippen molar-refractivity contribution >= 4 is 34.3 Å². The molecule has 3 aromatic carbocycles. The molecule has 43 heavy (non-hydrogen) atoms. The number of amides is 3. The minimum absolute atomic E-state index is 0.102. The Kier molecular flexibility index (Phi) is 6.02. The van der Waals surface area contributed by atoms with Gasteiger partial charge in [0.2, 0.25) is 24.5 Å². The molecule has 2 saturated heterocycles. The van der Waals surface area contributed by atoms with E-state index in [9.17, 15) is 14.4 Å². The number of carbonyl (C=O) groups excluding carboxylic acids is 3. The molecule has 0 spiro atoms. The zero-order valence-electron chi connectivity index (χ0n) is 23.6. The first kappa shape index (κ1) is 25.7. The van der Waals surface area contributed by atoms with Gasteiger partial charge in [-0.05, 0) is 41.5 Å². The number of hydrogen-bond donors (Lipinski definition) is 1. The summed E-state index contributed by atoms with van der Waals surface area (Å²) < 4.78 is 11.2. The molecule has 0 saturated carbocycles. The summed E-state index contributed by atoms with van der Waals surface area (Å²) in [5, 5.41) is 1.03. The van der Waals surface area contributed by atoms with Crippen molar-refractivity contribution in [1.29, 1.82) is 0 Å². The molecule has 3 amide bonds. The molecule has 10 heteroatoms. The molecule has 0 unspecified atom stereocenters. The van der Waals surface area contributed by atoms with Crippen LogP contribution in [0.1, 0.15) is 22.9 Å². The molecule has 4 aliphatic rings. The number of ether oxygens (including phenoxy) is 2. The smallest absolute Gasteiger partial charge is 0.246 e. The number of para-hydroxylation sites is 2. The van der Waals surface area contributed by atoms with Gasteiger partial charge in [0, 0.05) is 54.9 Å². The molecule has 5 heterocycles. The third-order valence-corrected chi connectivity index (χ3v) is 9.13. The summed E-state index contributed by atoms with van der Waals surface area (Å²) in [7, 11) is 0. The summed E-state index contributed by atoms with van der Waals surface area (Å²) in [5.41, 5.74) is 4.85. The summed E-state index contributed by atoms with van der Waals surface area (Å²) in [6.45, 7) is 2.50. The first-order chi connectivity index (χ1) is 21.0. The van der Waals surface area contributed by atoms with Crippen molar-refractivity contribution < 1.29 is 23.9 Å². The Morgan fingerprint density at radius 3 is 2.49 bits per heavy atom. The summed E-state index contributed by atoms with van der Waals surface area (Å²) in [6, 6.07) is 22.6. The Morgan fingerprint density at radius 2 is 1.65 bits per heavy atom. The van der Waals surface area contributed by atoms with Crippen LogP contribution in [0.2, 0.25) is 0 Å². The summed E-state index contributed by atoms with van der Waals surface area (Å²) >= 11 is 0. The van der Waals surface area contributed by atoms with Gasteiger partial charge in [-0.3, -0.25) is 14.4 Å². The Bertz CT molecular complexity index is 1750. The summed E-state index contributed by atoms with van der Waals surface area (Å²) in [5.74, 6) is 0.769. The molecule has 0 radical (unpaired) electrons. The van der Waals surface area contributed by atoms with Crippen molar-refractivity contribution in [3.05, 3.63) is 89.6 Å². The van der Waals surface area contributed by atoms with E-state index in [1.54, 1.807) is 9.80 Å². The molecule has 2 atom stereocenters. The average molecular weight is 578 g/mol. The molecule has 218 valence electrons. The highest BCUT2D eigenvalue weighted by Crippen LogP contribution is 2.44. The molecule has 0 bridgehead atoms. The fourth-order valence-corrected chi connectivity index (χ4v) is 7.00. The largest absolute Gasteiger partial charge is 0.454 e. The van der Waals surface area contributed by atoms with Gasteiger partial charge in [-0.25, -0.2) is 0 Å². The fourth-order valence-electron chi connectivity index (χ4n) is 7.00. The maximum absolute atomic E-state index is 14.1. The van der Waals surface area contributed by atoms with Crippen molar-refractivity contribution in [1.82, 2.24) is 19.7 Å². The van der Waals surface area contributed by atoms with Crippen LogP contribution in [0.5, 0.6) is 11.5 Å². The second-order valence-corrected chi connectivity index (χ2v) is 11.5. The molecule has 1 aromatic heterocycles. The van der Waals surface area contributed by atoms with Gasteiger partial charge in [0.25, 0.3) is 0 Å². The first-order valence-corrected chi connectivity index (χ1v) is 14.7. The highest BCUT2D eigenvalue weighted by atomic mass is 16.7. The number of nitrogens with one attached hydrogen (secondary N) is 1. The first-order valence-electron chi connectivity index (χ1n) is 14.7. The molecule has 1 N–H and O–H groups in total. The molecular formula is C33H31N5O5. The third-order valence-electron chi connectivity index (χ3n) is 9.13. The molecule has 0 aliphatic carbocycles. The molecule has 8 rings (SSSR count). The Hall–Kier alpha value is -4.99. The van der Waals surface area contributed by atoms with Gasteiger partial charge in [0.1, 0.15) is 19.1 Å². The van der Waals surface area contributed by atoms with Crippen LogP contribution in [0.15, 0.2) is 72.8 Å². The van der Waals surface area contributed by atoms with Gasteiger partial charge in [0.05, 0.1) is 6.04 Å². The summed E-state index contributed by atoms with van der Waals surface area (Å²) in [6.07, 6.45) is 0.380. The zero-order chi connectivity index (χ0) is 29.1. The minimum atomic E-state index is -0.717. The number of rotatable bonds is 4. The molecule has 4 aromatic rings. The lowest BCUT2D eigenvalue weighted by Crippen LogP contribution is -2.64. The van der Waals surface area contributed by atoms with Crippen LogP contribution < -0.4 is 14.4 Å². The molecular weight excluding hydrogens is 546 g/mol. The van der Waals surface area contributed by atoms with Crippen LogP contribution in [0.25, 0.3) is 10.9 Å². The number of benzene rings is 3. The number of carbonyl (C=O) groups is 3. The van der Waals surface area contributed by atoms with E-state index in [1.165, 1.54) is 4.90 Å². The van der Waals surface area contributed by atoms with Crippen LogP contribution in [0.3, 0.4) is 0 Å². The van der Waals surface area contributed by atoms with E-state index in [0.29, 0.717) is 31.0 Å². The van der Waals surface area contributed by atoms with Crippen molar-refractivity contribution in [3.8, 4) is 11.5 Å². The lowest BCUT2D eigenvalue weighted by atomic mass is 9.86. The topological polar surface area (TPSA) is 98.4 Å². The van der Waals surface area contributed by atoms with Crippen LogP contribution >= 0.6 is 0 Å². The number of hydrogen-bond acceptors (Lipinski definition) is 6. The standard InChI is InChI=1S/C33H31N5O5/c39-29(36-14-12-35(13-15-36)22-6-2-1-3-7-22)18-37-19-30(40)38-26(33(37)41)17-24-23-8-4-5-9-25(23)34-31(24)32(38)21-10-11-27-28(16-21)43-20-42-27/h1-11,16,26,32,34H,12-15,17-20H2/t26-,32-/m1/s1. The molecule has 4 aliphatic heterocycles. The van der Waals surface area contributed by atoms with E-state index >= 15 is 0 Å². The Balaban J connectivity index is 1.06. The van der Waals surface area contributed by atoms with Gasteiger partial charge in [-0.2, -0.15) is 0 Å². The number of piperazine rings is 2. The number of nitrogens with zero attached hydrogens (tertiary/aromatic N) is 4. The van der Waals surface area contributed by atoms with E-state index in [2.05, 4.69) is 22.0 Å². The quantitative estimate of drug-likeness (QED) is 0.401. The number of anilines is 1. The maximum Gasteiger partial charge on any atom is 0.246 e. The highest BCUT2D eigenvalue weighted by molar-refractivity contribution is 5.99. The Morgan fingerprint density at radius 1 is 0.884 bits per heavy atom. The fraction of sp³-hybridized carbons (Fsp3) is 0.303. The van der Waals surface area contributed by atoms with Gasteiger partial charge in [-0.15, -0.1) is 0 Å². The Labute approximate surface area is 248 Å². The van der Waals surface area contributed by atoms with E-state index in [0.717, 1.165) is 46.5 Å². The monoisotopic (exact) mass is 577 g/mol. The summed E-state index contributed by atoms with van der Waals surface area (Å²) in [4.78, 5) is 52.2. The number of aromatic nitrogens is 1. The van der Waals surface area contributed by atoms with Gasteiger partial charge in [-0.1, -0.05) is 42.5 Å². The zero-order valence-corrected chi connectivity index (χ0v) is 23.6. The third kappa shape index (κ3) is 4.28. The van der Waals surface area contributed by atoms with Crippen LogP contribution in [-0.2, 0) is 20.8 Å².